The fraction of sp³-hybridized carbons (Fsp3) is 0.143. The molecule has 0 spiro atoms. The van der Waals surface area contributed by atoms with E-state index in [4.69, 9.17) is 15.3 Å². The lowest BCUT2D eigenvalue weighted by Crippen LogP contribution is -2.30. The van der Waals surface area contributed by atoms with E-state index in [0.29, 0.717) is 0 Å². The minimum absolute atomic E-state index is 0.0246. The number of pyridine rings is 1. The third kappa shape index (κ3) is 4.74. The number of hydrogen-bond donors (Lipinski definition) is 2. The molecule has 0 aliphatic carbocycles. The Bertz CT molecular complexity index is 737. The van der Waals surface area contributed by atoms with Crippen molar-refractivity contribution in [2.45, 2.75) is 6.36 Å². The van der Waals surface area contributed by atoms with E-state index in [-0.39, 0.29) is 23.1 Å². The van der Waals surface area contributed by atoms with Gasteiger partial charge in [0.1, 0.15) is 22.9 Å². The summed E-state index contributed by atoms with van der Waals surface area (Å²) in [6.07, 6.45) is -4.82. The number of rotatable bonds is 5. The maximum absolute atomic E-state index is 12.2. The number of ether oxygens (including phenoxy) is 3. The highest BCUT2D eigenvalue weighted by Gasteiger charge is 2.31. The van der Waals surface area contributed by atoms with Crippen molar-refractivity contribution < 1.29 is 32.2 Å². The van der Waals surface area contributed by atoms with Crippen molar-refractivity contribution in [1.82, 2.24) is 10.4 Å². The number of carbonyl (C=O) groups is 1. The monoisotopic (exact) mass is 343 g/mol. The zero-order valence-corrected chi connectivity index (χ0v) is 12.3. The summed E-state index contributed by atoms with van der Waals surface area (Å²) in [5, 5.41) is 0. The molecule has 10 heteroatoms. The molecule has 0 saturated heterocycles. The second-order valence-electron chi connectivity index (χ2n) is 4.33. The van der Waals surface area contributed by atoms with Crippen LogP contribution in [0.15, 0.2) is 36.4 Å². The van der Waals surface area contributed by atoms with Crippen molar-refractivity contribution in [3.8, 4) is 23.1 Å². The van der Waals surface area contributed by atoms with Crippen molar-refractivity contribution in [2.75, 3.05) is 7.11 Å². The highest BCUT2D eigenvalue weighted by atomic mass is 19.4. The van der Waals surface area contributed by atoms with Gasteiger partial charge in [0.25, 0.3) is 5.91 Å². The average Bonchev–Trinajstić information content (AvgIpc) is 2.52. The van der Waals surface area contributed by atoms with Crippen LogP contribution in [0.1, 0.15) is 10.5 Å². The molecule has 0 bridgehead atoms. The third-order valence-corrected chi connectivity index (χ3v) is 2.64. The van der Waals surface area contributed by atoms with Crippen molar-refractivity contribution in [3.05, 3.63) is 42.1 Å². The number of nitrogens with two attached hydrogens (primary N) is 1. The van der Waals surface area contributed by atoms with Crippen molar-refractivity contribution in [3.63, 3.8) is 0 Å². The van der Waals surface area contributed by atoms with Gasteiger partial charge < -0.3 is 14.2 Å². The molecule has 3 N–H and O–H groups in total. The molecule has 1 amide bonds. The quantitative estimate of drug-likeness (QED) is 0.492. The summed E-state index contributed by atoms with van der Waals surface area (Å²) in [6.45, 7) is 0. The minimum atomic E-state index is -4.82. The van der Waals surface area contributed by atoms with Gasteiger partial charge in [-0.25, -0.2) is 10.8 Å². The summed E-state index contributed by atoms with van der Waals surface area (Å²) in [7, 11) is 1.36. The normalized spacial score (nSPS) is 10.9. The molecule has 0 unspecified atom stereocenters. The van der Waals surface area contributed by atoms with Crippen LogP contribution >= 0.6 is 0 Å². The Kier molecular flexibility index (Phi) is 5.09. The van der Waals surface area contributed by atoms with Gasteiger partial charge in [0, 0.05) is 18.2 Å². The van der Waals surface area contributed by atoms with Crippen LogP contribution in [0.25, 0.3) is 0 Å². The topological polar surface area (TPSA) is 95.7 Å². The molecule has 24 heavy (non-hydrogen) atoms. The third-order valence-electron chi connectivity index (χ3n) is 2.64. The standard InChI is InChI=1S/C14H12F3N3O4/c1-22-10-6-11(13(21)20-18)19-12(7-10)23-8-3-2-4-9(5-8)24-14(15,16)17/h2-7H,18H2,1H3,(H,20,21). The number of benzene rings is 1. The molecule has 0 radical (unpaired) electrons. The number of carbonyl (C=O) groups excluding carboxylic acids is 1. The molecule has 1 aromatic heterocycles. The van der Waals surface area contributed by atoms with E-state index in [9.17, 15) is 18.0 Å². The summed E-state index contributed by atoms with van der Waals surface area (Å²) in [5.41, 5.74) is 1.81. The number of methoxy groups -OCH3 is 1. The molecule has 2 rings (SSSR count). The summed E-state index contributed by atoms with van der Waals surface area (Å²) in [6, 6.07) is 7.52. The lowest BCUT2D eigenvalue weighted by molar-refractivity contribution is -0.274. The lowest BCUT2D eigenvalue weighted by Gasteiger charge is -2.11. The van der Waals surface area contributed by atoms with Crippen LogP contribution in [-0.2, 0) is 0 Å². The Morgan fingerprint density at radius 3 is 2.50 bits per heavy atom. The van der Waals surface area contributed by atoms with E-state index in [1.54, 1.807) is 0 Å². The van der Waals surface area contributed by atoms with Gasteiger partial charge in [0.2, 0.25) is 5.88 Å². The van der Waals surface area contributed by atoms with E-state index in [0.717, 1.165) is 12.1 Å². The van der Waals surface area contributed by atoms with Crippen LogP contribution in [0.2, 0.25) is 0 Å². The second-order valence-corrected chi connectivity index (χ2v) is 4.33. The number of hydrazine groups is 1. The lowest BCUT2D eigenvalue weighted by atomic mass is 10.3. The Morgan fingerprint density at radius 2 is 1.88 bits per heavy atom. The number of hydrogen-bond acceptors (Lipinski definition) is 6. The van der Waals surface area contributed by atoms with E-state index >= 15 is 0 Å². The Labute approximate surface area is 134 Å². The predicted octanol–water partition coefficient (Wildman–Crippen LogP) is 2.38. The van der Waals surface area contributed by atoms with Crippen molar-refractivity contribution >= 4 is 5.91 Å². The van der Waals surface area contributed by atoms with Gasteiger partial charge in [-0.1, -0.05) is 6.07 Å². The van der Waals surface area contributed by atoms with Crippen LogP contribution in [0.5, 0.6) is 23.1 Å². The molecule has 1 aromatic carbocycles. The smallest absolute Gasteiger partial charge is 0.496 e. The maximum atomic E-state index is 12.2. The molecule has 0 saturated carbocycles. The number of nitrogens with zero attached hydrogens (tertiary/aromatic N) is 1. The molecular weight excluding hydrogens is 331 g/mol. The first-order valence-corrected chi connectivity index (χ1v) is 6.41. The SMILES string of the molecule is COc1cc(Oc2cccc(OC(F)(F)F)c2)nc(C(=O)NN)c1. The minimum Gasteiger partial charge on any atom is -0.496 e. The summed E-state index contributed by atoms with van der Waals surface area (Å²) in [4.78, 5) is 15.4. The van der Waals surface area contributed by atoms with Gasteiger partial charge in [-0.05, 0) is 12.1 Å². The molecule has 0 fully saturated rings. The highest BCUT2D eigenvalue weighted by molar-refractivity contribution is 5.92. The van der Waals surface area contributed by atoms with Crippen molar-refractivity contribution in [2.24, 2.45) is 5.84 Å². The molecule has 0 aliphatic heterocycles. The second kappa shape index (κ2) is 7.04. The Balaban J connectivity index is 2.27. The zero-order valence-electron chi connectivity index (χ0n) is 12.3. The van der Waals surface area contributed by atoms with Crippen LogP contribution in [-0.4, -0.2) is 24.4 Å². The number of alkyl halides is 3. The average molecular weight is 343 g/mol. The summed E-state index contributed by atoms with van der Waals surface area (Å²) >= 11 is 0. The Hall–Kier alpha value is -3.01. The first kappa shape index (κ1) is 17.3. The first-order valence-electron chi connectivity index (χ1n) is 6.41. The Morgan fingerprint density at radius 1 is 1.17 bits per heavy atom. The number of amides is 1. The van der Waals surface area contributed by atoms with Crippen LogP contribution in [0.4, 0.5) is 13.2 Å². The molecule has 0 atom stereocenters. The van der Waals surface area contributed by atoms with Gasteiger partial charge in [-0.3, -0.25) is 10.2 Å². The van der Waals surface area contributed by atoms with E-state index < -0.39 is 18.0 Å². The van der Waals surface area contributed by atoms with Crippen molar-refractivity contribution in [1.29, 1.82) is 0 Å². The molecular formula is C14H12F3N3O4. The maximum Gasteiger partial charge on any atom is 0.573 e. The van der Waals surface area contributed by atoms with Crippen LogP contribution in [0.3, 0.4) is 0 Å². The number of nitrogens with one attached hydrogen (secondary N) is 1. The van der Waals surface area contributed by atoms with Crippen LogP contribution in [0, 0.1) is 0 Å². The highest BCUT2D eigenvalue weighted by Crippen LogP contribution is 2.29. The molecule has 128 valence electrons. The van der Waals surface area contributed by atoms with Gasteiger partial charge in [-0.2, -0.15) is 0 Å². The predicted molar refractivity (Wildman–Crippen MR) is 75.6 cm³/mol. The number of nitrogen functional groups attached to an aromatic ring is 1. The fourth-order valence-electron chi connectivity index (χ4n) is 1.70. The molecule has 2 aromatic rings. The van der Waals surface area contributed by atoms with Gasteiger partial charge in [0.15, 0.2) is 0 Å². The van der Waals surface area contributed by atoms with Gasteiger partial charge in [-0.15, -0.1) is 13.2 Å². The number of halogens is 3. The fourth-order valence-corrected chi connectivity index (χ4v) is 1.70. The van der Waals surface area contributed by atoms with Gasteiger partial charge in [0.05, 0.1) is 7.11 Å². The van der Waals surface area contributed by atoms with E-state index in [1.165, 1.54) is 31.4 Å². The molecule has 7 nitrogen and oxygen atoms in total. The van der Waals surface area contributed by atoms with Crippen LogP contribution < -0.4 is 25.5 Å². The largest absolute Gasteiger partial charge is 0.573 e. The van der Waals surface area contributed by atoms with E-state index in [1.807, 2.05) is 5.43 Å². The number of aromatic nitrogens is 1. The van der Waals surface area contributed by atoms with Gasteiger partial charge >= 0.3 is 6.36 Å². The first-order chi connectivity index (χ1) is 11.3. The molecule has 0 aliphatic rings. The molecule has 1 heterocycles. The summed E-state index contributed by atoms with van der Waals surface area (Å²) in [5.74, 6) is 4.09. The summed E-state index contributed by atoms with van der Waals surface area (Å²) < 4.78 is 50.8. The van der Waals surface area contributed by atoms with E-state index in [2.05, 4.69) is 9.72 Å². The zero-order chi connectivity index (χ0) is 17.7.